The van der Waals surface area contributed by atoms with Gasteiger partial charge in [-0.1, -0.05) is 84.5 Å². The number of ether oxygens (including phenoxy) is 1. The first-order chi connectivity index (χ1) is 10.1. The van der Waals surface area contributed by atoms with Crippen LogP contribution in [-0.2, 0) is 9.53 Å². The molecular weight excluding hydrogens is 276 g/mol. The lowest BCUT2D eigenvalue weighted by Crippen LogP contribution is -2.60. The Labute approximate surface area is 127 Å². The molecule has 2 rings (SSSR count). The molecular formula is C18H22O2Si. The van der Waals surface area contributed by atoms with E-state index in [1.54, 1.807) is 0 Å². The minimum Gasteiger partial charge on any atom is -0.466 e. The molecule has 0 aliphatic rings. The van der Waals surface area contributed by atoms with Crippen LogP contribution in [0.15, 0.2) is 60.7 Å². The van der Waals surface area contributed by atoms with Gasteiger partial charge >= 0.3 is 5.97 Å². The molecule has 0 fully saturated rings. The lowest BCUT2D eigenvalue weighted by Gasteiger charge is -2.33. The molecule has 110 valence electrons. The molecule has 0 saturated carbocycles. The van der Waals surface area contributed by atoms with Gasteiger partial charge in [-0.2, -0.15) is 0 Å². The van der Waals surface area contributed by atoms with Crippen molar-refractivity contribution in [2.75, 3.05) is 6.61 Å². The van der Waals surface area contributed by atoms with Crippen LogP contribution in [0.3, 0.4) is 0 Å². The Bertz CT molecular complexity index is 541. The average molecular weight is 298 g/mol. The van der Waals surface area contributed by atoms with Crippen LogP contribution in [0.2, 0.25) is 12.1 Å². The molecule has 0 aliphatic carbocycles. The van der Waals surface area contributed by atoms with Crippen LogP contribution in [0.1, 0.15) is 13.8 Å². The lowest BCUT2D eigenvalue weighted by molar-refractivity contribution is -0.142. The number of esters is 1. The van der Waals surface area contributed by atoms with E-state index in [2.05, 4.69) is 30.8 Å². The lowest BCUT2D eigenvalue weighted by atomic mass is 10.4. The SMILES string of the molecule is CCOC(=O)C(C)[Si](C)(c1ccccc1)c1ccccc1. The number of carbonyl (C=O) groups excluding carboxylic acids is 1. The standard InChI is InChI=1S/C18H22O2Si/c1-4-20-18(19)15(2)21(3,16-11-7-5-8-12-16)17-13-9-6-10-14-17/h5-15H,4H2,1-3H3. The van der Waals surface area contributed by atoms with Crippen LogP contribution < -0.4 is 10.4 Å². The summed E-state index contributed by atoms with van der Waals surface area (Å²) in [5.41, 5.74) is -0.123. The molecule has 2 aromatic rings. The highest BCUT2D eigenvalue weighted by molar-refractivity contribution is 7.04. The second-order valence-electron chi connectivity index (χ2n) is 5.41. The van der Waals surface area contributed by atoms with Gasteiger partial charge in [-0.05, 0) is 6.92 Å². The summed E-state index contributed by atoms with van der Waals surface area (Å²) in [7, 11) is -2.18. The van der Waals surface area contributed by atoms with Gasteiger partial charge in [0.05, 0.1) is 12.1 Å². The Morgan fingerprint density at radius 1 is 1.00 bits per heavy atom. The second kappa shape index (κ2) is 6.72. The van der Waals surface area contributed by atoms with E-state index in [4.69, 9.17) is 4.74 Å². The van der Waals surface area contributed by atoms with Crippen molar-refractivity contribution in [3.63, 3.8) is 0 Å². The highest BCUT2D eigenvalue weighted by atomic mass is 28.3. The van der Waals surface area contributed by atoms with E-state index in [1.165, 1.54) is 10.4 Å². The van der Waals surface area contributed by atoms with Crippen molar-refractivity contribution in [1.82, 2.24) is 0 Å². The molecule has 1 atom stereocenters. The zero-order chi connectivity index (χ0) is 15.3. The van der Waals surface area contributed by atoms with Gasteiger partial charge in [0.1, 0.15) is 8.07 Å². The van der Waals surface area contributed by atoms with Gasteiger partial charge in [-0.3, -0.25) is 4.79 Å². The number of rotatable bonds is 5. The van der Waals surface area contributed by atoms with Crippen molar-refractivity contribution in [2.24, 2.45) is 0 Å². The van der Waals surface area contributed by atoms with E-state index in [1.807, 2.05) is 50.2 Å². The van der Waals surface area contributed by atoms with Crippen molar-refractivity contribution in [2.45, 2.75) is 25.9 Å². The van der Waals surface area contributed by atoms with E-state index in [0.717, 1.165) is 0 Å². The predicted octanol–water partition coefficient (Wildman–Crippen LogP) is 2.83. The number of carbonyl (C=O) groups is 1. The molecule has 0 heterocycles. The van der Waals surface area contributed by atoms with Crippen LogP contribution in [0.25, 0.3) is 0 Å². The van der Waals surface area contributed by atoms with Gasteiger partial charge < -0.3 is 4.74 Å². The van der Waals surface area contributed by atoms with Crippen molar-refractivity contribution >= 4 is 24.4 Å². The maximum atomic E-state index is 12.3. The molecule has 2 aromatic carbocycles. The second-order valence-corrected chi connectivity index (χ2v) is 9.83. The molecule has 2 nitrogen and oxygen atoms in total. The highest BCUT2D eigenvalue weighted by Crippen LogP contribution is 2.23. The van der Waals surface area contributed by atoms with Crippen LogP contribution in [0, 0.1) is 0 Å². The Kier molecular flexibility index (Phi) is 4.97. The Hall–Kier alpha value is -1.87. The summed E-state index contributed by atoms with van der Waals surface area (Å²) in [5.74, 6) is -0.0978. The van der Waals surface area contributed by atoms with Gasteiger partial charge in [0, 0.05) is 0 Å². The van der Waals surface area contributed by atoms with E-state index >= 15 is 0 Å². The fourth-order valence-electron chi connectivity index (χ4n) is 2.74. The van der Waals surface area contributed by atoms with Crippen LogP contribution >= 0.6 is 0 Å². The number of hydrogen-bond acceptors (Lipinski definition) is 2. The van der Waals surface area contributed by atoms with Gasteiger partial charge in [0.25, 0.3) is 0 Å². The Balaban J connectivity index is 2.52. The monoisotopic (exact) mass is 298 g/mol. The maximum absolute atomic E-state index is 12.3. The zero-order valence-corrected chi connectivity index (χ0v) is 13.9. The quantitative estimate of drug-likeness (QED) is 0.627. The first kappa shape index (κ1) is 15.5. The van der Waals surface area contributed by atoms with Gasteiger partial charge in [0.15, 0.2) is 0 Å². The van der Waals surface area contributed by atoms with Crippen LogP contribution in [0.5, 0.6) is 0 Å². The van der Waals surface area contributed by atoms with E-state index < -0.39 is 8.07 Å². The van der Waals surface area contributed by atoms with Crippen molar-refractivity contribution in [1.29, 1.82) is 0 Å². The number of hydrogen-bond donors (Lipinski definition) is 0. The van der Waals surface area contributed by atoms with Gasteiger partial charge in [0.2, 0.25) is 0 Å². The van der Waals surface area contributed by atoms with Gasteiger partial charge in [-0.25, -0.2) is 0 Å². The molecule has 0 amide bonds. The molecule has 0 aliphatic heterocycles. The molecule has 0 N–H and O–H groups in total. The summed E-state index contributed by atoms with van der Waals surface area (Å²) in [6.07, 6.45) is 0. The summed E-state index contributed by atoms with van der Waals surface area (Å²) < 4.78 is 5.29. The van der Waals surface area contributed by atoms with Crippen molar-refractivity contribution in [3.8, 4) is 0 Å². The van der Waals surface area contributed by atoms with Gasteiger partial charge in [-0.15, -0.1) is 0 Å². The fourth-order valence-corrected chi connectivity index (χ4v) is 6.40. The molecule has 0 spiro atoms. The third kappa shape index (κ3) is 3.08. The molecule has 0 bridgehead atoms. The fraction of sp³-hybridized carbons (Fsp3) is 0.278. The average Bonchev–Trinajstić information content (AvgIpc) is 2.55. The maximum Gasteiger partial charge on any atom is 0.306 e. The first-order valence-electron chi connectivity index (χ1n) is 7.38. The molecule has 0 radical (unpaired) electrons. The molecule has 3 heteroatoms. The largest absolute Gasteiger partial charge is 0.466 e. The van der Waals surface area contributed by atoms with E-state index in [0.29, 0.717) is 6.61 Å². The minimum atomic E-state index is -2.18. The molecule has 21 heavy (non-hydrogen) atoms. The summed E-state index contributed by atoms with van der Waals surface area (Å²) in [6, 6.07) is 20.7. The molecule has 1 unspecified atom stereocenters. The normalized spacial score (nSPS) is 12.7. The topological polar surface area (TPSA) is 26.3 Å². The Morgan fingerprint density at radius 2 is 1.43 bits per heavy atom. The highest BCUT2D eigenvalue weighted by Gasteiger charge is 2.42. The molecule has 0 aromatic heterocycles. The van der Waals surface area contributed by atoms with Crippen LogP contribution in [0.4, 0.5) is 0 Å². The third-order valence-electron chi connectivity index (χ3n) is 4.25. The smallest absolute Gasteiger partial charge is 0.306 e. The summed E-state index contributed by atoms with van der Waals surface area (Å²) in [5, 5.41) is 2.52. The third-order valence-corrected chi connectivity index (χ3v) is 9.29. The van der Waals surface area contributed by atoms with E-state index in [-0.39, 0.29) is 11.5 Å². The molecule has 0 saturated heterocycles. The predicted molar refractivity (Wildman–Crippen MR) is 89.8 cm³/mol. The number of benzene rings is 2. The van der Waals surface area contributed by atoms with E-state index in [9.17, 15) is 4.79 Å². The van der Waals surface area contributed by atoms with Crippen molar-refractivity contribution < 1.29 is 9.53 Å². The zero-order valence-electron chi connectivity index (χ0n) is 12.9. The summed E-state index contributed by atoms with van der Waals surface area (Å²) in [6.45, 7) is 6.54. The summed E-state index contributed by atoms with van der Waals surface area (Å²) >= 11 is 0. The van der Waals surface area contributed by atoms with Crippen molar-refractivity contribution in [3.05, 3.63) is 60.7 Å². The Morgan fingerprint density at radius 3 is 1.81 bits per heavy atom. The first-order valence-corrected chi connectivity index (χ1v) is 9.96. The summed E-state index contributed by atoms with van der Waals surface area (Å²) in [4.78, 5) is 12.3. The minimum absolute atomic E-state index is 0.0978. The van der Waals surface area contributed by atoms with Crippen LogP contribution in [-0.4, -0.2) is 20.7 Å².